The van der Waals surface area contributed by atoms with Crippen LogP contribution in [0, 0.1) is 0 Å². The molecule has 7 heteroatoms. The summed E-state index contributed by atoms with van der Waals surface area (Å²) in [5.41, 5.74) is 2.12. The summed E-state index contributed by atoms with van der Waals surface area (Å²) < 4.78 is 19.1. The molecule has 202 valence electrons. The Balaban J connectivity index is 1.31. The number of hydrogen-bond acceptors (Lipinski definition) is 5. The molecule has 1 N–H and O–H groups in total. The number of carbonyl (C=O) groups excluding carboxylic acids is 1. The molecule has 1 aliphatic heterocycles. The molecule has 1 aromatic heterocycles. The van der Waals surface area contributed by atoms with Crippen molar-refractivity contribution < 1.29 is 23.6 Å². The zero-order chi connectivity index (χ0) is 24.8. The van der Waals surface area contributed by atoms with Crippen LogP contribution in [0.25, 0.3) is 0 Å². The molecular formula is C28H51N2O4S+. The summed E-state index contributed by atoms with van der Waals surface area (Å²) in [5, 5.41) is 4.91. The van der Waals surface area contributed by atoms with E-state index in [1.54, 1.807) is 11.3 Å². The number of unbranched alkanes of at least 4 members (excludes halogenated alkanes) is 14. The van der Waals surface area contributed by atoms with E-state index in [0.717, 1.165) is 38.6 Å². The number of aryl methyl sites for hydroxylation is 1. The van der Waals surface area contributed by atoms with Gasteiger partial charge < -0.3 is 19.5 Å². The Morgan fingerprint density at radius 3 is 2.26 bits per heavy atom. The number of nitrogens with one attached hydrogen (secondary N) is 1. The van der Waals surface area contributed by atoms with Crippen molar-refractivity contribution in [3.63, 3.8) is 0 Å². The van der Waals surface area contributed by atoms with Crippen molar-refractivity contribution in [1.29, 1.82) is 0 Å². The van der Waals surface area contributed by atoms with Crippen LogP contribution in [0.1, 0.15) is 116 Å². The third-order valence-corrected chi connectivity index (χ3v) is 7.32. The van der Waals surface area contributed by atoms with Gasteiger partial charge in [0.05, 0.1) is 12.0 Å². The van der Waals surface area contributed by atoms with Gasteiger partial charge in [0.2, 0.25) is 5.51 Å². The van der Waals surface area contributed by atoms with Crippen LogP contribution in [0.3, 0.4) is 0 Å². The normalized spacial score (nSPS) is 17.6. The Morgan fingerprint density at radius 1 is 0.943 bits per heavy atom. The molecule has 0 radical (unpaired) electrons. The second kappa shape index (κ2) is 21.0. The number of nitrogens with zero attached hydrogens (tertiary/aromatic N) is 1. The Bertz CT molecular complexity index is 614. The van der Waals surface area contributed by atoms with Gasteiger partial charge in [0.1, 0.15) is 19.3 Å². The number of aromatic nitrogens is 1. The first kappa shape index (κ1) is 30.0. The van der Waals surface area contributed by atoms with Gasteiger partial charge in [-0.1, -0.05) is 95.3 Å². The van der Waals surface area contributed by atoms with E-state index in [9.17, 15) is 4.79 Å². The van der Waals surface area contributed by atoms with Crippen molar-refractivity contribution in [3.05, 3.63) is 17.1 Å². The molecule has 2 heterocycles. The molecule has 1 aliphatic rings. The van der Waals surface area contributed by atoms with Crippen LogP contribution < -0.4 is 9.88 Å². The van der Waals surface area contributed by atoms with Gasteiger partial charge in [0, 0.05) is 13.0 Å². The van der Waals surface area contributed by atoms with E-state index in [4.69, 9.17) is 14.2 Å². The molecule has 0 spiro atoms. The highest BCUT2D eigenvalue weighted by Crippen LogP contribution is 2.19. The standard InChI is InChI=1S/C28H50N2O4S/c1-2-3-4-5-6-7-8-9-10-11-12-13-15-18-27-32-23-26(34-27)24-33-28(31)29-19-16-14-17-20-30-21-22-35-25-30/h21-22,25-27H,2-20,23-24H2,1H3/p+1/t26-,27+/m0/s1. The predicted octanol–water partition coefficient (Wildman–Crippen LogP) is 7.15. The van der Waals surface area contributed by atoms with Crippen molar-refractivity contribution in [2.45, 2.75) is 135 Å². The fourth-order valence-corrected chi connectivity index (χ4v) is 5.10. The van der Waals surface area contributed by atoms with Crippen LogP contribution in [0.4, 0.5) is 4.79 Å². The summed E-state index contributed by atoms with van der Waals surface area (Å²) in [4.78, 5) is 11.9. The number of carbonyl (C=O) groups is 1. The van der Waals surface area contributed by atoms with Gasteiger partial charge in [-0.15, -0.1) is 0 Å². The number of ether oxygens (including phenoxy) is 3. The highest BCUT2D eigenvalue weighted by molar-refractivity contribution is 7.07. The quantitative estimate of drug-likeness (QED) is 0.133. The second-order valence-corrected chi connectivity index (χ2v) is 10.7. The minimum Gasteiger partial charge on any atom is -0.447 e. The maximum atomic E-state index is 11.9. The van der Waals surface area contributed by atoms with Gasteiger partial charge in [0.15, 0.2) is 12.5 Å². The molecule has 1 saturated heterocycles. The predicted molar refractivity (Wildman–Crippen MR) is 143 cm³/mol. The fraction of sp³-hybridized carbons (Fsp3) is 0.857. The summed E-state index contributed by atoms with van der Waals surface area (Å²) in [7, 11) is 0. The first-order chi connectivity index (χ1) is 17.3. The lowest BCUT2D eigenvalue weighted by molar-refractivity contribution is -0.692. The van der Waals surface area contributed by atoms with Crippen LogP contribution in [-0.4, -0.2) is 38.2 Å². The average molecular weight is 512 g/mol. The Labute approximate surface area is 218 Å². The van der Waals surface area contributed by atoms with Crippen LogP contribution >= 0.6 is 11.3 Å². The third-order valence-electron chi connectivity index (χ3n) is 6.65. The lowest BCUT2D eigenvalue weighted by Crippen LogP contribution is -2.31. The summed E-state index contributed by atoms with van der Waals surface area (Å²) in [5.74, 6) is 0. The number of hydrogen-bond donors (Lipinski definition) is 1. The molecule has 0 saturated carbocycles. The molecule has 1 aromatic rings. The Hall–Kier alpha value is -1.18. The largest absolute Gasteiger partial charge is 0.447 e. The molecule has 0 bridgehead atoms. The number of amides is 1. The SMILES string of the molecule is CCCCCCCCCCCCCCC[C@@H]1OC[C@@H](COC(=O)NCCCCC[n+]2ccsc2)O1. The Morgan fingerprint density at radius 2 is 1.60 bits per heavy atom. The van der Waals surface area contributed by atoms with Crippen LogP contribution in [0.15, 0.2) is 17.1 Å². The van der Waals surface area contributed by atoms with Gasteiger partial charge >= 0.3 is 6.09 Å². The number of thiazole rings is 1. The van der Waals surface area contributed by atoms with Gasteiger partial charge in [-0.25, -0.2) is 4.79 Å². The summed E-state index contributed by atoms with van der Waals surface area (Å²) >= 11 is 1.71. The maximum Gasteiger partial charge on any atom is 0.407 e. The molecule has 2 atom stereocenters. The Kier molecular flexibility index (Phi) is 18.0. The highest BCUT2D eigenvalue weighted by Gasteiger charge is 2.26. The third kappa shape index (κ3) is 16.2. The molecule has 0 unspecified atom stereocenters. The highest BCUT2D eigenvalue weighted by atomic mass is 32.1. The summed E-state index contributed by atoms with van der Waals surface area (Å²) in [6.45, 7) is 4.73. The molecule has 1 fully saturated rings. The van der Waals surface area contributed by atoms with Gasteiger partial charge in [-0.2, -0.15) is 4.57 Å². The monoisotopic (exact) mass is 511 g/mol. The van der Waals surface area contributed by atoms with E-state index >= 15 is 0 Å². The maximum absolute atomic E-state index is 11.9. The lowest BCUT2D eigenvalue weighted by atomic mass is 10.0. The fourth-order valence-electron chi connectivity index (χ4n) is 4.47. The van der Waals surface area contributed by atoms with E-state index in [-0.39, 0.29) is 25.1 Å². The van der Waals surface area contributed by atoms with Crippen molar-refractivity contribution in [1.82, 2.24) is 5.32 Å². The molecule has 0 aliphatic carbocycles. The molecule has 0 aromatic carbocycles. The number of alkyl carbamates (subject to hydrolysis) is 1. The lowest BCUT2D eigenvalue weighted by Gasteiger charge is -2.12. The van der Waals surface area contributed by atoms with Crippen molar-refractivity contribution in [2.24, 2.45) is 0 Å². The summed E-state index contributed by atoms with van der Waals surface area (Å²) in [6, 6.07) is 0. The summed E-state index contributed by atoms with van der Waals surface area (Å²) in [6.07, 6.45) is 23.2. The van der Waals surface area contributed by atoms with E-state index in [2.05, 4.69) is 33.9 Å². The average Bonchev–Trinajstić information content (AvgIpc) is 3.55. The second-order valence-electron chi connectivity index (χ2n) is 9.90. The van der Waals surface area contributed by atoms with E-state index in [1.807, 2.05) is 0 Å². The first-order valence-electron chi connectivity index (χ1n) is 14.4. The minimum atomic E-state index is -0.360. The van der Waals surface area contributed by atoms with Gasteiger partial charge in [-0.05, 0) is 25.7 Å². The topological polar surface area (TPSA) is 60.7 Å². The molecule has 35 heavy (non-hydrogen) atoms. The molecular weight excluding hydrogens is 460 g/mol. The zero-order valence-electron chi connectivity index (χ0n) is 22.2. The van der Waals surface area contributed by atoms with Crippen LogP contribution in [0.5, 0.6) is 0 Å². The minimum absolute atomic E-state index is 0.138. The van der Waals surface area contributed by atoms with E-state index in [1.165, 1.54) is 77.0 Å². The van der Waals surface area contributed by atoms with Gasteiger partial charge in [0.25, 0.3) is 0 Å². The zero-order valence-corrected chi connectivity index (χ0v) is 23.0. The molecule has 2 rings (SSSR count). The van der Waals surface area contributed by atoms with Crippen LogP contribution in [0.2, 0.25) is 0 Å². The van der Waals surface area contributed by atoms with Gasteiger partial charge in [-0.3, -0.25) is 0 Å². The molecule has 6 nitrogen and oxygen atoms in total. The molecule has 1 amide bonds. The van der Waals surface area contributed by atoms with E-state index < -0.39 is 0 Å². The first-order valence-corrected chi connectivity index (χ1v) is 15.3. The van der Waals surface area contributed by atoms with Crippen LogP contribution in [-0.2, 0) is 20.8 Å². The van der Waals surface area contributed by atoms with Crippen molar-refractivity contribution in [2.75, 3.05) is 19.8 Å². The number of rotatable bonds is 22. The van der Waals surface area contributed by atoms with Crippen molar-refractivity contribution in [3.8, 4) is 0 Å². The van der Waals surface area contributed by atoms with E-state index in [0.29, 0.717) is 13.2 Å². The van der Waals surface area contributed by atoms with Crippen molar-refractivity contribution >= 4 is 17.4 Å². The smallest absolute Gasteiger partial charge is 0.407 e.